The SMILES string of the molecule is O=C1N[C@H](CO)C[C@@H]1C1(O)COC1. The smallest absolute Gasteiger partial charge is 0.226 e. The summed E-state index contributed by atoms with van der Waals surface area (Å²) in [4.78, 5) is 11.3. The molecule has 2 aliphatic heterocycles. The molecule has 0 aromatic rings. The lowest BCUT2D eigenvalue weighted by Gasteiger charge is -2.39. The van der Waals surface area contributed by atoms with Crippen LogP contribution in [0, 0.1) is 5.92 Å². The Morgan fingerprint density at radius 2 is 2.31 bits per heavy atom. The first-order chi connectivity index (χ1) is 6.15. The zero-order valence-electron chi connectivity index (χ0n) is 7.19. The molecule has 0 saturated carbocycles. The highest BCUT2D eigenvalue weighted by Crippen LogP contribution is 2.32. The summed E-state index contributed by atoms with van der Waals surface area (Å²) in [6.45, 7) is 0.381. The maximum Gasteiger partial charge on any atom is 0.226 e. The Labute approximate surface area is 75.7 Å². The third-order valence-electron chi connectivity index (χ3n) is 2.76. The van der Waals surface area contributed by atoms with E-state index in [0.29, 0.717) is 6.42 Å². The summed E-state index contributed by atoms with van der Waals surface area (Å²) in [5, 5.41) is 21.3. The van der Waals surface area contributed by atoms with Crippen LogP contribution in [0.25, 0.3) is 0 Å². The Hall–Kier alpha value is -0.650. The molecule has 0 bridgehead atoms. The molecule has 2 heterocycles. The first-order valence-corrected chi connectivity index (χ1v) is 4.37. The van der Waals surface area contributed by atoms with E-state index in [9.17, 15) is 9.90 Å². The summed E-state index contributed by atoms with van der Waals surface area (Å²) in [7, 11) is 0. The van der Waals surface area contributed by atoms with Gasteiger partial charge in [0.2, 0.25) is 5.91 Å². The van der Waals surface area contributed by atoms with E-state index in [1.807, 2.05) is 0 Å². The molecule has 2 fully saturated rings. The number of carbonyl (C=O) groups is 1. The van der Waals surface area contributed by atoms with Gasteiger partial charge in [0.05, 0.1) is 31.8 Å². The summed E-state index contributed by atoms with van der Waals surface area (Å²) in [6.07, 6.45) is 0.495. The Balaban J connectivity index is 2.04. The van der Waals surface area contributed by atoms with Crippen molar-refractivity contribution in [3.05, 3.63) is 0 Å². The number of nitrogens with one attached hydrogen (secondary N) is 1. The van der Waals surface area contributed by atoms with Gasteiger partial charge in [-0.05, 0) is 6.42 Å². The van der Waals surface area contributed by atoms with Gasteiger partial charge >= 0.3 is 0 Å². The molecule has 0 aromatic heterocycles. The van der Waals surface area contributed by atoms with Crippen LogP contribution in [0.2, 0.25) is 0 Å². The number of rotatable bonds is 2. The summed E-state index contributed by atoms with van der Waals surface area (Å²) in [5.41, 5.74) is -0.992. The molecule has 2 atom stereocenters. The molecule has 0 aromatic carbocycles. The van der Waals surface area contributed by atoms with Crippen molar-refractivity contribution in [2.45, 2.75) is 18.1 Å². The first-order valence-electron chi connectivity index (χ1n) is 4.37. The standard InChI is InChI=1S/C8H13NO4/c10-2-5-1-6(7(11)9-5)8(12)3-13-4-8/h5-6,10,12H,1-4H2,(H,9,11)/t5-,6-/m0/s1. The lowest BCUT2D eigenvalue weighted by atomic mass is 9.83. The molecule has 5 nitrogen and oxygen atoms in total. The molecule has 1 amide bonds. The van der Waals surface area contributed by atoms with Crippen molar-refractivity contribution in [3.8, 4) is 0 Å². The zero-order chi connectivity index (χ0) is 9.47. The Bertz CT molecular complexity index is 226. The van der Waals surface area contributed by atoms with Gasteiger partial charge in [-0.2, -0.15) is 0 Å². The molecule has 0 aliphatic carbocycles. The number of ether oxygens (including phenoxy) is 1. The van der Waals surface area contributed by atoms with E-state index in [2.05, 4.69) is 5.32 Å². The molecule has 5 heteroatoms. The molecule has 2 rings (SSSR count). The normalized spacial score (nSPS) is 36.9. The Kier molecular flexibility index (Phi) is 2.02. The van der Waals surface area contributed by atoms with Crippen LogP contribution < -0.4 is 5.32 Å². The molecular weight excluding hydrogens is 174 g/mol. The van der Waals surface area contributed by atoms with E-state index in [1.54, 1.807) is 0 Å². The molecule has 0 radical (unpaired) electrons. The zero-order valence-corrected chi connectivity index (χ0v) is 7.19. The van der Waals surface area contributed by atoms with E-state index in [0.717, 1.165) is 0 Å². The monoisotopic (exact) mass is 187 g/mol. The van der Waals surface area contributed by atoms with E-state index < -0.39 is 11.5 Å². The quantitative estimate of drug-likeness (QED) is 0.479. The molecule has 0 spiro atoms. The average Bonchev–Trinajstić information content (AvgIpc) is 2.43. The van der Waals surface area contributed by atoms with Crippen LogP contribution in [0.15, 0.2) is 0 Å². The number of hydrogen-bond donors (Lipinski definition) is 3. The lowest BCUT2D eigenvalue weighted by molar-refractivity contribution is -0.205. The molecule has 2 saturated heterocycles. The van der Waals surface area contributed by atoms with Crippen LogP contribution in [0.5, 0.6) is 0 Å². The molecule has 13 heavy (non-hydrogen) atoms. The molecular formula is C8H13NO4. The minimum absolute atomic E-state index is 0.0703. The highest BCUT2D eigenvalue weighted by atomic mass is 16.5. The number of carbonyl (C=O) groups excluding carboxylic acids is 1. The summed E-state index contributed by atoms with van der Waals surface area (Å²) >= 11 is 0. The van der Waals surface area contributed by atoms with Gasteiger partial charge in [0, 0.05) is 0 Å². The maximum absolute atomic E-state index is 11.3. The second kappa shape index (κ2) is 2.94. The molecule has 0 unspecified atom stereocenters. The van der Waals surface area contributed by atoms with Crippen molar-refractivity contribution in [2.75, 3.05) is 19.8 Å². The van der Waals surface area contributed by atoms with Crippen LogP contribution in [0.4, 0.5) is 0 Å². The van der Waals surface area contributed by atoms with Gasteiger partial charge in [-0.15, -0.1) is 0 Å². The highest BCUT2D eigenvalue weighted by molar-refractivity contribution is 5.82. The second-order valence-corrected chi connectivity index (χ2v) is 3.77. The molecule has 74 valence electrons. The lowest BCUT2D eigenvalue weighted by Crippen LogP contribution is -2.57. The van der Waals surface area contributed by atoms with Gasteiger partial charge in [-0.1, -0.05) is 0 Å². The van der Waals surface area contributed by atoms with Crippen molar-refractivity contribution >= 4 is 5.91 Å². The van der Waals surface area contributed by atoms with E-state index in [1.165, 1.54) is 0 Å². The largest absolute Gasteiger partial charge is 0.394 e. The number of amides is 1. The fraction of sp³-hybridized carbons (Fsp3) is 0.875. The average molecular weight is 187 g/mol. The Morgan fingerprint density at radius 3 is 2.69 bits per heavy atom. The highest BCUT2D eigenvalue weighted by Gasteiger charge is 2.51. The van der Waals surface area contributed by atoms with Crippen molar-refractivity contribution in [1.82, 2.24) is 5.32 Å². The third kappa shape index (κ3) is 1.33. The van der Waals surface area contributed by atoms with Crippen molar-refractivity contribution in [3.63, 3.8) is 0 Å². The summed E-state index contributed by atoms with van der Waals surface area (Å²) in [6, 6.07) is -0.206. The predicted octanol–water partition coefficient (Wildman–Crippen LogP) is -1.76. The van der Waals surface area contributed by atoms with Gasteiger partial charge in [-0.3, -0.25) is 4.79 Å². The number of aliphatic hydroxyl groups excluding tert-OH is 1. The van der Waals surface area contributed by atoms with Gasteiger partial charge in [0.25, 0.3) is 0 Å². The summed E-state index contributed by atoms with van der Waals surface area (Å²) < 4.78 is 4.87. The van der Waals surface area contributed by atoms with Crippen LogP contribution in [0.3, 0.4) is 0 Å². The topological polar surface area (TPSA) is 78.8 Å². The van der Waals surface area contributed by atoms with Crippen LogP contribution in [-0.4, -0.2) is 47.6 Å². The van der Waals surface area contributed by atoms with Crippen molar-refractivity contribution in [1.29, 1.82) is 0 Å². The minimum atomic E-state index is -0.992. The van der Waals surface area contributed by atoms with Gasteiger partial charge < -0.3 is 20.3 Å². The van der Waals surface area contributed by atoms with E-state index in [-0.39, 0.29) is 31.8 Å². The second-order valence-electron chi connectivity index (χ2n) is 3.77. The van der Waals surface area contributed by atoms with E-state index in [4.69, 9.17) is 9.84 Å². The predicted molar refractivity (Wildman–Crippen MR) is 42.9 cm³/mol. The van der Waals surface area contributed by atoms with E-state index >= 15 is 0 Å². The van der Waals surface area contributed by atoms with Crippen LogP contribution in [-0.2, 0) is 9.53 Å². The molecule has 3 N–H and O–H groups in total. The fourth-order valence-electron chi connectivity index (χ4n) is 1.85. The van der Waals surface area contributed by atoms with Gasteiger partial charge in [-0.25, -0.2) is 0 Å². The summed E-state index contributed by atoms with van der Waals surface area (Å²) in [5.74, 6) is -0.594. The Morgan fingerprint density at radius 1 is 1.62 bits per heavy atom. The van der Waals surface area contributed by atoms with Crippen LogP contribution in [0.1, 0.15) is 6.42 Å². The maximum atomic E-state index is 11.3. The number of aliphatic hydroxyl groups is 2. The van der Waals surface area contributed by atoms with Crippen molar-refractivity contribution in [2.24, 2.45) is 5.92 Å². The minimum Gasteiger partial charge on any atom is -0.394 e. The van der Waals surface area contributed by atoms with Crippen molar-refractivity contribution < 1.29 is 19.7 Å². The van der Waals surface area contributed by atoms with Gasteiger partial charge in [0.15, 0.2) is 0 Å². The molecule has 2 aliphatic rings. The van der Waals surface area contributed by atoms with Crippen LogP contribution >= 0.6 is 0 Å². The number of hydrogen-bond acceptors (Lipinski definition) is 4. The van der Waals surface area contributed by atoms with Gasteiger partial charge in [0.1, 0.15) is 5.60 Å². The first kappa shape index (κ1) is 8.93. The fourth-order valence-corrected chi connectivity index (χ4v) is 1.85. The third-order valence-corrected chi connectivity index (χ3v) is 2.76.